The van der Waals surface area contributed by atoms with Crippen LogP contribution in [0.1, 0.15) is 42.1 Å². The zero-order chi connectivity index (χ0) is 14.7. The zero-order valence-corrected chi connectivity index (χ0v) is 11.8. The fourth-order valence-electron chi connectivity index (χ4n) is 2.23. The first-order valence-electron chi connectivity index (χ1n) is 6.87. The second-order valence-electron chi connectivity index (χ2n) is 5.51. The Morgan fingerprint density at radius 1 is 1.40 bits per heavy atom. The van der Waals surface area contributed by atoms with Crippen LogP contribution >= 0.6 is 0 Å². The number of carboxylic acid groups (broad SMARTS) is 1. The molecule has 108 valence electrons. The van der Waals surface area contributed by atoms with Crippen LogP contribution in [0.25, 0.3) is 0 Å². The average molecular weight is 276 g/mol. The SMILES string of the molecule is Cc1cc(C(=O)O)ccc1NC(=O)NC(C)CC1CC1. The molecule has 1 unspecified atom stereocenters. The van der Waals surface area contributed by atoms with Gasteiger partial charge >= 0.3 is 12.0 Å². The Kier molecular flexibility index (Phi) is 4.27. The van der Waals surface area contributed by atoms with Crippen LogP contribution < -0.4 is 10.6 Å². The number of benzene rings is 1. The molecule has 5 nitrogen and oxygen atoms in total. The molecule has 2 amide bonds. The van der Waals surface area contributed by atoms with Crippen LogP contribution in [0.3, 0.4) is 0 Å². The summed E-state index contributed by atoms with van der Waals surface area (Å²) in [7, 11) is 0. The van der Waals surface area contributed by atoms with Crippen molar-refractivity contribution in [2.45, 2.75) is 39.2 Å². The standard InChI is InChI=1S/C15H20N2O3/c1-9-7-12(14(18)19)5-6-13(9)17-15(20)16-10(2)8-11-3-4-11/h5-7,10-11H,3-4,8H2,1-2H3,(H,18,19)(H2,16,17,20). The number of carboxylic acids is 1. The van der Waals surface area contributed by atoms with Gasteiger partial charge < -0.3 is 15.7 Å². The van der Waals surface area contributed by atoms with Crippen molar-refractivity contribution in [2.24, 2.45) is 5.92 Å². The zero-order valence-electron chi connectivity index (χ0n) is 11.8. The average Bonchev–Trinajstić information content (AvgIpc) is 3.15. The summed E-state index contributed by atoms with van der Waals surface area (Å²) >= 11 is 0. The van der Waals surface area contributed by atoms with Gasteiger partial charge in [0.15, 0.2) is 0 Å². The van der Waals surface area contributed by atoms with E-state index in [2.05, 4.69) is 10.6 Å². The quantitative estimate of drug-likeness (QED) is 0.773. The van der Waals surface area contributed by atoms with Crippen molar-refractivity contribution in [3.8, 4) is 0 Å². The molecule has 0 heterocycles. The van der Waals surface area contributed by atoms with Gasteiger partial charge in [0.1, 0.15) is 0 Å². The number of aromatic carboxylic acids is 1. The maximum Gasteiger partial charge on any atom is 0.335 e. The molecular weight excluding hydrogens is 256 g/mol. The summed E-state index contributed by atoms with van der Waals surface area (Å²) in [6.45, 7) is 3.77. The Hall–Kier alpha value is -2.04. The van der Waals surface area contributed by atoms with Gasteiger partial charge in [-0.15, -0.1) is 0 Å². The van der Waals surface area contributed by atoms with E-state index in [1.165, 1.54) is 18.9 Å². The Balaban J connectivity index is 1.91. The van der Waals surface area contributed by atoms with Crippen molar-refractivity contribution >= 4 is 17.7 Å². The minimum absolute atomic E-state index is 0.154. The van der Waals surface area contributed by atoms with E-state index in [1.54, 1.807) is 19.1 Å². The Morgan fingerprint density at radius 3 is 2.65 bits per heavy atom. The third kappa shape index (κ3) is 3.98. The number of nitrogens with one attached hydrogen (secondary N) is 2. The predicted molar refractivity (Wildman–Crippen MR) is 77.1 cm³/mol. The number of hydrogen-bond acceptors (Lipinski definition) is 2. The first-order valence-corrected chi connectivity index (χ1v) is 6.87. The summed E-state index contributed by atoms with van der Waals surface area (Å²) in [4.78, 5) is 22.7. The van der Waals surface area contributed by atoms with E-state index in [-0.39, 0.29) is 17.6 Å². The molecular formula is C15H20N2O3. The summed E-state index contributed by atoms with van der Waals surface area (Å²) in [6.07, 6.45) is 3.55. The highest BCUT2D eigenvalue weighted by molar-refractivity contribution is 5.92. The van der Waals surface area contributed by atoms with Crippen LogP contribution in [0, 0.1) is 12.8 Å². The van der Waals surface area contributed by atoms with Gasteiger partial charge in [-0.05, 0) is 49.9 Å². The molecule has 5 heteroatoms. The van der Waals surface area contributed by atoms with Crippen LogP contribution in [0.2, 0.25) is 0 Å². The van der Waals surface area contributed by atoms with Gasteiger partial charge in [-0.25, -0.2) is 9.59 Å². The lowest BCUT2D eigenvalue weighted by atomic mass is 10.1. The number of anilines is 1. The highest BCUT2D eigenvalue weighted by Gasteiger charge is 2.24. The molecule has 1 aliphatic rings. The van der Waals surface area contributed by atoms with Crippen molar-refractivity contribution in [2.75, 3.05) is 5.32 Å². The van der Waals surface area contributed by atoms with Crippen LogP contribution in [0.4, 0.5) is 10.5 Å². The minimum Gasteiger partial charge on any atom is -0.478 e. The summed E-state index contributed by atoms with van der Waals surface area (Å²) in [6, 6.07) is 4.55. The van der Waals surface area contributed by atoms with E-state index in [4.69, 9.17) is 5.11 Å². The van der Waals surface area contributed by atoms with E-state index >= 15 is 0 Å². The van der Waals surface area contributed by atoms with E-state index < -0.39 is 5.97 Å². The molecule has 20 heavy (non-hydrogen) atoms. The Labute approximate surface area is 118 Å². The van der Waals surface area contributed by atoms with Gasteiger partial charge in [0.25, 0.3) is 0 Å². The molecule has 0 saturated heterocycles. The summed E-state index contributed by atoms with van der Waals surface area (Å²) in [5.74, 6) is -0.205. The van der Waals surface area contributed by atoms with Gasteiger partial charge in [-0.3, -0.25) is 0 Å². The lowest BCUT2D eigenvalue weighted by Crippen LogP contribution is -2.36. The second-order valence-corrected chi connectivity index (χ2v) is 5.51. The third-order valence-corrected chi connectivity index (χ3v) is 3.48. The molecule has 0 radical (unpaired) electrons. The number of carbonyl (C=O) groups is 2. The van der Waals surface area contributed by atoms with Crippen LogP contribution in [-0.2, 0) is 0 Å². The first kappa shape index (κ1) is 14.4. The molecule has 0 aromatic heterocycles. The molecule has 2 rings (SSSR count). The molecule has 1 aromatic rings. The van der Waals surface area contributed by atoms with Gasteiger partial charge in [0.2, 0.25) is 0 Å². The largest absolute Gasteiger partial charge is 0.478 e. The monoisotopic (exact) mass is 276 g/mol. The first-order chi connectivity index (χ1) is 9.45. The minimum atomic E-state index is -0.970. The number of amides is 2. The number of urea groups is 1. The molecule has 1 aromatic carbocycles. The topological polar surface area (TPSA) is 78.4 Å². The van der Waals surface area contributed by atoms with Crippen LogP contribution in [-0.4, -0.2) is 23.1 Å². The lowest BCUT2D eigenvalue weighted by Gasteiger charge is -2.15. The van der Waals surface area contributed by atoms with Gasteiger partial charge in [0, 0.05) is 11.7 Å². The van der Waals surface area contributed by atoms with Gasteiger partial charge in [-0.2, -0.15) is 0 Å². The molecule has 0 aliphatic heterocycles. The highest BCUT2D eigenvalue weighted by Crippen LogP contribution is 2.33. The summed E-state index contributed by atoms with van der Waals surface area (Å²) in [5, 5.41) is 14.5. The van der Waals surface area contributed by atoms with E-state index in [0.29, 0.717) is 5.69 Å². The van der Waals surface area contributed by atoms with E-state index in [0.717, 1.165) is 17.9 Å². The Morgan fingerprint density at radius 2 is 2.10 bits per heavy atom. The van der Waals surface area contributed by atoms with Gasteiger partial charge in [-0.1, -0.05) is 12.8 Å². The highest BCUT2D eigenvalue weighted by atomic mass is 16.4. The fraction of sp³-hybridized carbons (Fsp3) is 0.467. The number of rotatable bonds is 5. The molecule has 0 spiro atoms. The maximum atomic E-state index is 11.9. The number of carbonyl (C=O) groups excluding carboxylic acids is 1. The summed E-state index contributed by atoms with van der Waals surface area (Å²) < 4.78 is 0. The Bertz CT molecular complexity index is 524. The smallest absolute Gasteiger partial charge is 0.335 e. The lowest BCUT2D eigenvalue weighted by molar-refractivity contribution is 0.0697. The maximum absolute atomic E-state index is 11.9. The van der Waals surface area contributed by atoms with Crippen LogP contribution in [0.15, 0.2) is 18.2 Å². The van der Waals surface area contributed by atoms with Crippen LogP contribution in [0.5, 0.6) is 0 Å². The van der Waals surface area contributed by atoms with Crippen molar-refractivity contribution < 1.29 is 14.7 Å². The molecule has 1 fully saturated rings. The molecule has 1 aliphatic carbocycles. The van der Waals surface area contributed by atoms with E-state index in [1.807, 2.05) is 6.92 Å². The molecule has 0 bridgehead atoms. The van der Waals surface area contributed by atoms with Crippen molar-refractivity contribution in [1.82, 2.24) is 5.32 Å². The predicted octanol–water partition coefficient (Wildman–Crippen LogP) is 3.00. The molecule has 1 atom stereocenters. The van der Waals surface area contributed by atoms with Crippen molar-refractivity contribution in [3.63, 3.8) is 0 Å². The second kappa shape index (κ2) is 5.94. The third-order valence-electron chi connectivity index (χ3n) is 3.48. The van der Waals surface area contributed by atoms with Crippen molar-refractivity contribution in [1.29, 1.82) is 0 Å². The molecule has 3 N–H and O–H groups in total. The van der Waals surface area contributed by atoms with Crippen molar-refractivity contribution in [3.05, 3.63) is 29.3 Å². The summed E-state index contributed by atoms with van der Waals surface area (Å²) in [5.41, 5.74) is 1.58. The number of hydrogen-bond donors (Lipinski definition) is 3. The number of aryl methyl sites for hydroxylation is 1. The molecule has 1 saturated carbocycles. The normalized spacial score (nSPS) is 15.5. The van der Waals surface area contributed by atoms with Gasteiger partial charge in [0.05, 0.1) is 5.56 Å². The van der Waals surface area contributed by atoms with E-state index in [9.17, 15) is 9.59 Å². The fourth-order valence-corrected chi connectivity index (χ4v) is 2.23.